The van der Waals surface area contributed by atoms with Crippen LogP contribution in [0.3, 0.4) is 0 Å². The van der Waals surface area contributed by atoms with E-state index in [0.717, 1.165) is 31.0 Å². The van der Waals surface area contributed by atoms with Crippen molar-refractivity contribution < 1.29 is 4.79 Å². The van der Waals surface area contributed by atoms with Gasteiger partial charge in [0.05, 0.1) is 0 Å². The number of rotatable bonds is 7. The Kier molecular flexibility index (Phi) is 6.27. The molecular weight excluding hydrogens is 298 g/mol. The Morgan fingerprint density at radius 1 is 1.17 bits per heavy atom. The molecule has 2 saturated heterocycles. The van der Waals surface area contributed by atoms with E-state index < -0.39 is 0 Å². The number of benzene rings is 1. The Hall–Kier alpha value is -1.39. The summed E-state index contributed by atoms with van der Waals surface area (Å²) in [6.07, 6.45) is 6.27. The van der Waals surface area contributed by atoms with Crippen LogP contribution in [0.1, 0.15) is 49.4 Å². The fourth-order valence-corrected chi connectivity index (χ4v) is 3.93. The number of carbonyl (C=O) groups is 1. The number of hydrogen-bond donors (Lipinski definition) is 1. The standard InChI is InChI=1S/C20H31N3O/c1-2-9-18(21-20(24)17-10-5-3-6-11-17)14-22-15-19(16-22)23-12-7-4-8-13-23/h3,5-6,10-11,18-19H,2,4,7-9,12-16H2,1H3,(H,21,24). The van der Waals surface area contributed by atoms with Gasteiger partial charge in [0.2, 0.25) is 0 Å². The van der Waals surface area contributed by atoms with Gasteiger partial charge in [0, 0.05) is 37.3 Å². The molecule has 2 heterocycles. The van der Waals surface area contributed by atoms with Crippen molar-refractivity contribution in [1.82, 2.24) is 15.1 Å². The molecule has 0 aromatic heterocycles. The van der Waals surface area contributed by atoms with E-state index in [0.29, 0.717) is 0 Å². The molecule has 0 bridgehead atoms. The van der Waals surface area contributed by atoms with Crippen LogP contribution in [0.5, 0.6) is 0 Å². The summed E-state index contributed by atoms with van der Waals surface area (Å²) in [6, 6.07) is 10.6. The topological polar surface area (TPSA) is 35.6 Å². The number of hydrogen-bond acceptors (Lipinski definition) is 3. The van der Waals surface area contributed by atoms with Gasteiger partial charge >= 0.3 is 0 Å². The second kappa shape index (κ2) is 8.63. The predicted octanol–water partition coefficient (Wildman–Crippen LogP) is 2.76. The maximum atomic E-state index is 12.4. The summed E-state index contributed by atoms with van der Waals surface area (Å²) in [5, 5.41) is 3.23. The van der Waals surface area contributed by atoms with Crippen molar-refractivity contribution in [3.63, 3.8) is 0 Å². The number of nitrogens with one attached hydrogen (secondary N) is 1. The molecule has 1 aromatic carbocycles. The highest BCUT2D eigenvalue weighted by Gasteiger charge is 2.33. The van der Waals surface area contributed by atoms with Crippen LogP contribution in [0.25, 0.3) is 0 Å². The molecule has 0 radical (unpaired) electrons. The molecule has 2 fully saturated rings. The molecule has 132 valence electrons. The number of nitrogens with zero attached hydrogens (tertiary/aromatic N) is 2. The van der Waals surface area contributed by atoms with E-state index in [1.54, 1.807) is 0 Å². The van der Waals surface area contributed by atoms with Crippen LogP contribution in [0.2, 0.25) is 0 Å². The lowest BCUT2D eigenvalue weighted by molar-refractivity contribution is 0.0175. The summed E-state index contributed by atoms with van der Waals surface area (Å²) in [6.45, 7) is 8.07. The fraction of sp³-hybridized carbons (Fsp3) is 0.650. The average Bonchev–Trinajstić information content (AvgIpc) is 2.59. The first-order valence-corrected chi connectivity index (χ1v) is 9.58. The zero-order valence-corrected chi connectivity index (χ0v) is 14.9. The lowest BCUT2D eigenvalue weighted by Crippen LogP contribution is -2.62. The quantitative estimate of drug-likeness (QED) is 0.835. The Balaban J connectivity index is 1.45. The van der Waals surface area contributed by atoms with Crippen molar-refractivity contribution in [3.8, 4) is 0 Å². The van der Waals surface area contributed by atoms with Crippen molar-refractivity contribution in [2.45, 2.75) is 51.1 Å². The molecular formula is C20H31N3O. The van der Waals surface area contributed by atoms with Gasteiger partial charge in [-0.05, 0) is 44.5 Å². The molecule has 3 rings (SSSR count). The molecule has 2 aliphatic rings. The highest BCUT2D eigenvalue weighted by Crippen LogP contribution is 2.20. The Morgan fingerprint density at radius 2 is 1.88 bits per heavy atom. The first kappa shape index (κ1) is 17.4. The van der Waals surface area contributed by atoms with Crippen LogP contribution < -0.4 is 5.32 Å². The van der Waals surface area contributed by atoms with E-state index in [1.165, 1.54) is 45.4 Å². The van der Waals surface area contributed by atoms with Crippen molar-refractivity contribution in [2.75, 3.05) is 32.7 Å². The van der Waals surface area contributed by atoms with Crippen molar-refractivity contribution in [3.05, 3.63) is 35.9 Å². The highest BCUT2D eigenvalue weighted by atomic mass is 16.1. The molecule has 0 spiro atoms. The van der Waals surface area contributed by atoms with Crippen LogP contribution in [0.15, 0.2) is 30.3 Å². The normalized spacial score (nSPS) is 21.2. The minimum Gasteiger partial charge on any atom is -0.348 e. The summed E-state index contributed by atoms with van der Waals surface area (Å²) in [5.41, 5.74) is 0.758. The average molecular weight is 329 g/mol. The number of carbonyl (C=O) groups excluding carboxylic acids is 1. The lowest BCUT2D eigenvalue weighted by Gasteiger charge is -2.47. The van der Waals surface area contributed by atoms with Gasteiger partial charge in [-0.2, -0.15) is 0 Å². The summed E-state index contributed by atoms with van der Waals surface area (Å²) in [7, 11) is 0. The molecule has 4 heteroatoms. The Labute approximate surface area is 146 Å². The van der Waals surface area contributed by atoms with Crippen LogP contribution in [0.4, 0.5) is 0 Å². The van der Waals surface area contributed by atoms with Crippen molar-refractivity contribution in [1.29, 1.82) is 0 Å². The second-order valence-electron chi connectivity index (χ2n) is 7.29. The van der Waals surface area contributed by atoms with E-state index in [2.05, 4.69) is 22.0 Å². The zero-order valence-electron chi connectivity index (χ0n) is 14.9. The Bertz CT molecular complexity index is 507. The minimum atomic E-state index is 0.0575. The van der Waals surface area contributed by atoms with Gasteiger partial charge in [0.1, 0.15) is 0 Å². The smallest absolute Gasteiger partial charge is 0.251 e. The van der Waals surface area contributed by atoms with Gasteiger partial charge in [-0.25, -0.2) is 0 Å². The predicted molar refractivity (Wildman–Crippen MR) is 98.3 cm³/mol. The van der Waals surface area contributed by atoms with Gasteiger partial charge in [0.25, 0.3) is 5.91 Å². The summed E-state index contributed by atoms with van der Waals surface area (Å²) in [4.78, 5) is 17.6. The lowest BCUT2D eigenvalue weighted by atomic mass is 10.0. The van der Waals surface area contributed by atoms with E-state index >= 15 is 0 Å². The third-order valence-corrected chi connectivity index (χ3v) is 5.33. The first-order chi connectivity index (χ1) is 11.8. The summed E-state index contributed by atoms with van der Waals surface area (Å²) < 4.78 is 0. The summed E-state index contributed by atoms with van der Waals surface area (Å²) in [5.74, 6) is 0.0575. The SMILES string of the molecule is CCCC(CN1CC(N2CCCCC2)C1)NC(=O)c1ccccc1. The summed E-state index contributed by atoms with van der Waals surface area (Å²) >= 11 is 0. The van der Waals surface area contributed by atoms with E-state index in [-0.39, 0.29) is 11.9 Å². The van der Waals surface area contributed by atoms with Gasteiger partial charge < -0.3 is 5.32 Å². The molecule has 0 aliphatic carbocycles. The second-order valence-corrected chi connectivity index (χ2v) is 7.29. The molecule has 2 aliphatic heterocycles. The van der Waals surface area contributed by atoms with Gasteiger partial charge in [-0.3, -0.25) is 14.6 Å². The fourth-order valence-electron chi connectivity index (χ4n) is 3.93. The van der Waals surface area contributed by atoms with E-state index in [1.807, 2.05) is 30.3 Å². The van der Waals surface area contributed by atoms with Crippen LogP contribution in [0, 0.1) is 0 Å². The Morgan fingerprint density at radius 3 is 2.54 bits per heavy atom. The van der Waals surface area contributed by atoms with Crippen LogP contribution >= 0.6 is 0 Å². The van der Waals surface area contributed by atoms with Gasteiger partial charge in [0.15, 0.2) is 0 Å². The molecule has 1 unspecified atom stereocenters. The molecule has 1 amide bonds. The third-order valence-electron chi connectivity index (χ3n) is 5.33. The van der Waals surface area contributed by atoms with E-state index in [9.17, 15) is 4.79 Å². The molecule has 24 heavy (non-hydrogen) atoms. The molecule has 0 saturated carbocycles. The molecule has 1 N–H and O–H groups in total. The number of amides is 1. The monoisotopic (exact) mass is 329 g/mol. The zero-order chi connectivity index (χ0) is 16.8. The van der Waals surface area contributed by atoms with Gasteiger partial charge in [-0.1, -0.05) is 38.0 Å². The number of likely N-dealkylation sites (tertiary alicyclic amines) is 2. The van der Waals surface area contributed by atoms with Crippen LogP contribution in [-0.2, 0) is 0 Å². The largest absolute Gasteiger partial charge is 0.348 e. The maximum Gasteiger partial charge on any atom is 0.251 e. The minimum absolute atomic E-state index is 0.0575. The molecule has 1 aromatic rings. The molecule has 1 atom stereocenters. The van der Waals surface area contributed by atoms with Gasteiger partial charge in [-0.15, -0.1) is 0 Å². The van der Waals surface area contributed by atoms with Crippen molar-refractivity contribution >= 4 is 5.91 Å². The third kappa shape index (κ3) is 4.58. The highest BCUT2D eigenvalue weighted by molar-refractivity contribution is 5.94. The molecule has 4 nitrogen and oxygen atoms in total. The maximum absolute atomic E-state index is 12.4. The van der Waals surface area contributed by atoms with Crippen LogP contribution in [-0.4, -0.2) is 60.5 Å². The van der Waals surface area contributed by atoms with E-state index in [4.69, 9.17) is 0 Å². The first-order valence-electron chi connectivity index (χ1n) is 9.58. The van der Waals surface area contributed by atoms with Crippen molar-refractivity contribution in [2.24, 2.45) is 0 Å². The number of piperidine rings is 1.